The molecule has 1 aliphatic heterocycles. The topological polar surface area (TPSA) is 40.1 Å². The molecule has 0 amide bonds. The van der Waals surface area contributed by atoms with E-state index in [1.807, 2.05) is 11.3 Å². The van der Waals surface area contributed by atoms with Crippen molar-refractivity contribution in [3.05, 3.63) is 39.9 Å². The molecule has 136 valence electrons. The Kier molecular flexibility index (Phi) is 4.18. The van der Waals surface area contributed by atoms with Crippen molar-refractivity contribution in [1.82, 2.24) is 19.3 Å². The number of benzene rings is 1. The van der Waals surface area contributed by atoms with E-state index in [2.05, 4.69) is 40.6 Å². The zero-order valence-corrected chi connectivity index (χ0v) is 16.7. The van der Waals surface area contributed by atoms with Crippen LogP contribution >= 0.6 is 23.6 Å². The molecular formula is C19H24N5S2+. The largest absolute Gasteiger partial charge is 0.316 e. The monoisotopic (exact) mass is 386 g/mol. The lowest BCUT2D eigenvalue weighted by Crippen LogP contribution is -3.12. The summed E-state index contributed by atoms with van der Waals surface area (Å²) in [5, 5.41) is 6.14. The van der Waals surface area contributed by atoms with Gasteiger partial charge in [-0.2, -0.15) is 9.78 Å². The van der Waals surface area contributed by atoms with E-state index in [1.54, 1.807) is 4.90 Å². The van der Waals surface area contributed by atoms with E-state index in [0.717, 1.165) is 23.5 Å². The van der Waals surface area contributed by atoms with E-state index in [-0.39, 0.29) is 0 Å². The molecule has 1 saturated carbocycles. The van der Waals surface area contributed by atoms with E-state index in [1.165, 1.54) is 47.8 Å². The van der Waals surface area contributed by atoms with Crippen LogP contribution in [0.25, 0.3) is 10.2 Å². The lowest BCUT2D eigenvalue weighted by Gasteiger charge is -2.28. The molecule has 1 unspecified atom stereocenters. The molecule has 1 N–H and O–H groups in total. The Morgan fingerprint density at radius 2 is 2.08 bits per heavy atom. The van der Waals surface area contributed by atoms with Crippen molar-refractivity contribution in [2.75, 3.05) is 13.1 Å². The summed E-state index contributed by atoms with van der Waals surface area (Å²) in [6.07, 6.45) is 5.00. The molecule has 2 atom stereocenters. The standard InChI is InChI=1S/C19H23N5S2/c1-22-17(13-8-9-13)21-24(19(22)25)12-23-10-4-5-14(11-23)18-20-15-6-2-3-7-16(15)26-18/h2-3,6-7,13-14H,4-5,8-12H2,1H3/p+1/t14-/m0/s1. The molecule has 2 aliphatic rings. The van der Waals surface area contributed by atoms with Crippen molar-refractivity contribution >= 4 is 33.8 Å². The van der Waals surface area contributed by atoms with E-state index in [9.17, 15) is 0 Å². The van der Waals surface area contributed by atoms with Crippen molar-refractivity contribution in [2.45, 2.75) is 44.2 Å². The maximum atomic E-state index is 5.64. The molecule has 0 spiro atoms. The minimum absolute atomic E-state index is 0.553. The van der Waals surface area contributed by atoms with Gasteiger partial charge in [-0.3, -0.25) is 0 Å². The first-order valence-corrected chi connectivity index (χ1v) is 10.7. The molecule has 2 fully saturated rings. The van der Waals surface area contributed by atoms with Gasteiger partial charge in [0.05, 0.1) is 29.2 Å². The number of para-hydroxylation sites is 1. The fraction of sp³-hybridized carbons (Fsp3) is 0.526. The molecule has 1 saturated heterocycles. The molecule has 2 aromatic heterocycles. The first kappa shape index (κ1) is 16.6. The molecule has 5 nitrogen and oxygen atoms in total. The van der Waals surface area contributed by atoms with Crippen molar-refractivity contribution in [3.8, 4) is 0 Å². The van der Waals surface area contributed by atoms with Gasteiger partial charge in [0.25, 0.3) is 0 Å². The van der Waals surface area contributed by atoms with Gasteiger partial charge in [-0.05, 0) is 50.0 Å². The van der Waals surface area contributed by atoms with Crippen LogP contribution in [0.3, 0.4) is 0 Å². The Labute approximate surface area is 162 Å². The summed E-state index contributed by atoms with van der Waals surface area (Å²) in [5.74, 6) is 2.36. The SMILES string of the molecule is Cn1c(C2CC2)nn(C[NH+]2CCC[C@H](c3nc4ccccc4s3)C2)c1=S. The summed E-state index contributed by atoms with van der Waals surface area (Å²) >= 11 is 7.50. The number of nitrogens with one attached hydrogen (secondary N) is 1. The second kappa shape index (κ2) is 6.55. The molecule has 0 bridgehead atoms. The second-order valence-corrected chi connectivity index (χ2v) is 9.12. The van der Waals surface area contributed by atoms with Gasteiger partial charge in [-0.15, -0.1) is 11.3 Å². The maximum Gasteiger partial charge on any atom is 0.202 e. The van der Waals surface area contributed by atoms with E-state index in [4.69, 9.17) is 22.3 Å². The summed E-state index contributed by atoms with van der Waals surface area (Å²) in [6, 6.07) is 8.47. The Bertz CT molecular complexity index is 964. The Morgan fingerprint density at radius 3 is 2.88 bits per heavy atom. The van der Waals surface area contributed by atoms with Gasteiger partial charge < -0.3 is 9.47 Å². The van der Waals surface area contributed by atoms with Gasteiger partial charge >= 0.3 is 0 Å². The number of thiazole rings is 1. The highest BCUT2D eigenvalue weighted by atomic mass is 32.1. The molecule has 26 heavy (non-hydrogen) atoms. The first-order valence-electron chi connectivity index (χ1n) is 9.52. The molecule has 1 aliphatic carbocycles. The zero-order chi connectivity index (χ0) is 17.7. The number of fused-ring (bicyclic) bond motifs is 1. The predicted molar refractivity (Wildman–Crippen MR) is 106 cm³/mol. The fourth-order valence-electron chi connectivity index (χ4n) is 4.09. The highest BCUT2D eigenvalue weighted by Gasteiger charge is 2.31. The van der Waals surface area contributed by atoms with Crippen molar-refractivity contribution in [3.63, 3.8) is 0 Å². The average Bonchev–Trinajstić information content (AvgIpc) is 3.35. The Morgan fingerprint density at radius 1 is 1.23 bits per heavy atom. The first-order chi connectivity index (χ1) is 12.7. The van der Waals surface area contributed by atoms with Crippen molar-refractivity contribution in [1.29, 1.82) is 0 Å². The Hall–Kier alpha value is -1.57. The van der Waals surface area contributed by atoms with E-state index < -0.39 is 0 Å². The highest BCUT2D eigenvalue weighted by Crippen LogP contribution is 2.38. The number of aromatic nitrogens is 4. The van der Waals surface area contributed by atoms with Crippen LogP contribution in [0.5, 0.6) is 0 Å². The predicted octanol–water partition coefficient (Wildman–Crippen LogP) is 2.86. The molecular weight excluding hydrogens is 362 g/mol. The average molecular weight is 387 g/mol. The summed E-state index contributed by atoms with van der Waals surface area (Å²) in [7, 11) is 2.06. The minimum Gasteiger partial charge on any atom is -0.316 e. The highest BCUT2D eigenvalue weighted by molar-refractivity contribution is 7.71. The normalized spacial score (nSPS) is 23.6. The van der Waals surface area contributed by atoms with Gasteiger partial charge in [0.1, 0.15) is 10.8 Å². The molecule has 1 aromatic carbocycles. The minimum atomic E-state index is 0.553. The third kappa shape index (κ3) is 3.02. The summed E-state index contributed by atoms with van der Waals surface area (Å²) in [6.45, 7) is 3.19. The molecule has 7 heteroatoms. The van der Waals surface area contributed by atoms with Crippen LogP contribution in [0.1, 0.15) is 48.4 Å². The van der Waals surface area contributed by atoms with Gasteiger partial charge in [0.15, 0.2) is 6.67 Å². The van der Waals surface area contributed by atoms with E-state index in [0.29, 0.717) is 11.8 Å². The number of hydrogen-bond acceptors (Lipinski definition) is 4. The van der Waals surface area contributed by atoms with Gasteiger partial charge in [-0.25, -0.2) is 4.98 Å². The lowest BCUT2D eigenvalue weighted by molar-refractivity contribution is -0.929. The van der Waals surface area contributed by atoms with Crippen molar-refractivity contribution in [2.24, 2.45) is 7.05 Å². The number of hydrogen-bond donors (Lipinski definition) is 1. The molecule has 3 heterocycles. The zero-order valence-electron chi connectivity index (χ0n) is 15.0. The molecule has 3 aromatic rings. The van der Waals surface area contributed by atoms with Crippen LogP contribution in [0, 0.1) is 4.77 Å². The summed E-state index contributed by atoms with van der Waals surface area (Å²) < 4.78 is 6.33. The molecule has 0 radical (unpaired) electrons. The van der Waals surface area contributed by atoms with Crippen LogP contribution < -0.4 is 4.90 Å². The smallest absolute Gasteiger partial charge is 0.202 e. The van der Waals surface area contributed by atoms with Crippen LogP contribution in [0.15, 0.2) is 24.3 Å². The summed E-state index contributed by atoms with van der Waals surface area (Å²) in [4.78, 5) is 6.47. The third-order valence-electron chi connectivity index (χ3n) is 5.67. The second-order valence-electron chi connectivity index (χ2n) is 7.69. The number of quaternary nitrogens is 1. The van der Waals surface area contributed by atoms with Crippen LogP contribution in [-0.2, 0) is 13.7 Å². The van der Waals surface area contributed by atoms with Gasteiger partial charge in [-0.1, -0.05) is 12.1 Å². The lowest BCUT2D eigenvalue weighted by atomic mass is 9.99. The summed E-state index contributed by atoms with van der Waals surface area (Å²) in [5.41, 5.74) is 1.14. The number of likely N-dealkylation sites (tertiary alicyclic amines) is 1. The van der Waals surface area contributed by atoms with Gasteiger partial charge in [0.2, 0.25) is 4.77 Å². The van der Waals surface area contributed by atoms with Crippen molar-refractivity contribution < 1.29 is 4.90 Å². The maximum absolute atomic E-state index is 5.64. The van der Waals surface area contributed by atoms with Crippen LogP contribution in [0.4, 0.5) is 0 Å². The number of piperidine rings is 1. The number of nitrogens with zero attached hydrogens (tertiary/aromatic N) is 4. The third-order valence-corrected chi connectivity index (χ3v) is 7.35. The van der Waals surface area contributed by atoms with Crippen LogP contribution in [0.2, 0.25) is 0 Å². The fourth-order valence-corrected chi connectivity index (χ4v) is 5.39. The Balaban J connectivity index is 1.34. The quantitative estimate of drug-likeness (QED) is 0.701. The van der Waals surface area contributed by atoms with Crippen LogP contribution in [-0.4, -0.2) is 32.4 Å². The molecule has 5 rings (SSSR count). The number of rotatable bonds is 4. The van der Waals surface area contributed by atoms with Gasteiger partial charge in [0, 0.05) is 13.0 Å². The van der Waals surface area contributed by atoms with E-state index >= 15 is 0 Å².